The molecule has 1 aliphatic rings. The van der Waals surface area contributed by atoms with Crippen molar-refractivity contribution >= 4 is 10.9 Å². The molecule has 3 rings (SSSR count). The highest BCUT2D eigenvalue weighted by molar-refractivity contribution is 5.81. The largest absolute Gasteiger partial charge is 0.490 e. The normalized spacial score (nSPS) is 17.7. The summed E-state index contributed by atoms with van der Waals surface area (Å²) in [6.45, 7) is 10.0. The molecule has 3 nitrogen and oxygen atoms in total. The number of hydrogen-bond donors (Lipinski definition) is 0. The van der Waals surface area contributed by atoms with Crippen molar-refractivity contribution in [3.63, 3.8) is 0 Å². The molecule has 0 N–H and O–H groups in total. The van der Waals surface area contributed by atoms with Crippen LogP contribution in [0.25, 0.3) is 10.9 Å². The van der Waals surface area contributed by atoms with Gasteiger partial charge in [0.25, 0.3) is 0 Å². The molecule has 1 aromatic carbocycles. The molecule has 0 aliphatic carbocycles. The van der Waals surface area contributed by atoms with Gasteiger partial charge in [-0.15, -0.1) is 0 Å². The number of hydrogen-bond acceptors (Lipinski definition) is 2. The van der Waals surface area contributed by atoms with Crippen LogP contribution < -0.4 is 4.74 Å². The van der Waals surface area contributed by atoms with E-state index in [0.717, 1.165) is 38.2 Å². The minimum Gasteiger partial charge on any atom is -0.490 e. The van der Waals surface area contributed by atoms with Crippen molar-refractivity contribution in [3.05, 3.63) is 30.5 Å². The van der Waals surface area contributed by atoms with Crippen molar-refractivity contribution < 1.29 is 4.74 Å². The fourth-order valence-corrected chi connectivity index (χ4v) is 3.23. The monoisotopic (exact) mass is 286 g/mol. The Morgan fingerprint density at radius 3 is 2.62 bits per heavy atom. The van der Waals surface area contributed by atoms with E-state index in [1.54, 1.807) is 0 Å². The molecule has 0 unspecified atom stereocenters. The lowest BCUT2D eigenvalue weighted by molar-refractivity contribution is 0.0844. The summed E-state index contributed by atoms with van der Waals surface area (Å²) < 4.78 is 8.46. The molecule has 0 bridgehead atoms. The van der Waals surface area contributed by atoms with Crippen molar-refractivity contribution in [2.24, 2.45) is 0 Å². The average Bonchev–Trinajstić information content (AvgIpc) is 2.90. The van der Waals surface area contributed by atoms with E-state index in [-0.39, 0.29) is 0 Å². The standard InChI is InChI=1S/C18H26N2O/c1-4-19-10-7-15-13-17(5-6-18(15)19)21-16-8-11-20(12-9-16)14(2)3/h5-7,10,13-14,16H,4,8-9,11-12H2,1-3H3. The van der Waals surface area contributed by atoms with Crippen LogP contribution in [0, 0.1) is 0 Å². The lowest BCUT2D eigenvalue weighted by atomic mass is 10.1. The number of ether oxygens (including phenoxy) is 1. The van der Waals surface area contributed by atoms with E-state index in [4.69, 9.17) is 4.74 Å². The Morgan fingerprint density at radius 1 is 1.19 bits per heavy atom. The highest BCUT2D eigenvalue weighted by atomic mass is 16.5. The molecule has 114 valence electrons. The first-order chi connectivity index (χ1) is 10.2. The SMILES string of the molecule is CCn1ccc2cc(OC3CCN(C(C)C)CC3)ccc21. The number of nitrogens with zero attached hydrogens (tertiary/aromatic N) is 2. The van der Waals surface area contributed by atoms with Crippen molar-refractivity contribution in [1.82, 2.24) is 9.47 Å². The van der Waals surface area contributed by atoms with E-state index < -0.39 is 0 Å². The molecule has 1 saturated heterocycles. The molecule has 1 aliphatic heterocycles. The summed E-state index contributed by atoms with van der Waals surface area (Å²) in [5, 5.41) is 1.27. The van der Waals surface area contributed by atoms with E-state index in [0.29, 0.717) is 12.1 Å². The highest BCUT2D eigenvalue weighted by Gasteiger charge is 2.22. The Kier molecular flexibility index (Phi) is 4.20. The summed E-state index contributed by atoms with van der Waals surface area (Å²) >= 11 is 0. The van der Waals surface area contributed by atoms with Crippen LogP contribution in [-0.4, -0.2) is 34.7 Å². The van der Waals surface area contributed by atoms with Gasteiger partial charge in [-0.25, -0.2) is 0 Å². The molecule has 21 heavy (non-hydrogen) atoms. The Balaban J connectivity index is 1.66. The first kappa shape index (κ1) is 14.5. The van der Waals surface area contributed by atoms with Gasteiger partial charge < -0.3 is 14.2 Å². The second kappa shape index (κ2) is 6.10. The Morgan fingerprint density at radius 2 is 1.95 bits per heavy atom. The van der Waals surface area contributed by atoms with Crippen LogP contribution in [0.3, 0.4) is 0 Å². The number of likely N-dealkylation sites (tertiary alicyclic amines) is 1. The van der Waals surface area contributed by atoms with Gasteiger partial charge in [-0.3, -0.25) is 0 Å². The molecule has 1 fully saturated rings. The molecule has 0 atom stereocenters. The van der Waals surface area contributed by atoms with Crippen LogP contribution in [0.5, 0.6) is 5.75 Å². The zero-order chi connectivity index (χ0) is 14.8. The average molecular weight is 286 g/mol. The van der Waals surface area contributed by atoms with Crippen molar-refractivity contribution in [1.29, 1.82) is 0 Å². The van der Waals surface area contributed by atoms with Gasteiger partial charge in [-0.1, -0.05) is 0 Å². The highest BCUT2D eigenvalue weighted by Crippen LogP contribution is 2.25. The maximum Gasteiger partial charge on any atom is 0.120 e. The fourth-order valence-electron chi connectivity index (χ4n) is 3.23. The molecular formula is C18H26N2O. The lowest BCUT2D eigenvalue weighted by Gasteiger charge is -2.34. The summed E-state index contributed by atoms with van der Waals surface area (Å²) in [4.78, 5) is 2.53. The van der Waals surface area contributed by atoms with Crippen LogP contribution in [0.2, 0.25) is 0 Å². The molecular weight excluding hydrogens is 260 g/mol. The second-order valence-electron chi connectivity index (χ2n) is 6.27. The smallest absolute Gasteiger partial charge is 0.120 e. The van der Waals surface area contributed by atoms with E-state index >= 15 is 0 Å². The van der Waals surface area contributed by atoms with E-state index in [9.17, 15) is 0 Å². The Hall–Kier alpha value is -1.48. The third kappa shape index (κ3) is 3.08. The van der Waals surface area contributed by atoms with Crippen LogP contribution >= 0.6 is 0 Å². The third-order valence-corrected chi connectivity index (χ3v) is 4.59. The maximum absolute atomic E-state index is 6.20. The van der Waals surface area contributed by atoms with Gasteiger partial charge in [0, 0.05) is 42.8 Å². The summed E-state index contributed by atoms with van der Waals surface area (Å²) in [6, 6.07) is 9.29. The number of piperidine rings is 1. The van der Waals surface area contributed by atoms with Crippen molar-refractivity contribution in [2.45, 2.75) is 52.3 Å². The molecule has 0 saturated carbocycles. The van der Waals surface area contributed by atoms with Crippen LogP contribution in [0.4, 0.5) is 0 Å². The number of rotatable bonds is 4. The van der Waals surface area contributed by atoms with Crippen molar-refractivity contribution in [3.8, 4) is 5.75 Å². The maximum atomic E-state index is 6.20. The van der Waals surface area contributed by atoms with E-state index in [1.165, 1.54) is 10.9 Å². The molecule has 2 aromatic rings. The number of aryl methyl sites for hydroxylation is 1. The number of benzene rings is 1. The van der Waals surface area contributed by atoms with Crippen LogP contribution in [0.15, 0.2) is 30.5 Å². The van der Waals surface area contributed by atoms with Gasteiger partial charge in [0.15, 0.2) is 0 Å². The third-order valence-electron chi connectivity index (χ3n) is 4.59. The summed E-state index contributed by atoms with van der Waals surface area (Å²) in [5.41, 5.74) is 1.29. The molecule has 1 aromatic heterocycles. The summed E-state index contributed by atoms with van der Waals surface area (Å²) in [7, 11) is 0. The van der Waals surface area contributed by atoms with Gasteiger partial charge in [0.05, 0.1) is 0 Å². The second-order valence-corrected chi connectivity index (χ2v) is 6.27. The van der Waals surface area contributed by atoms with E-state index in [1.807, 2.05) is 0 Å². The minimum absolute atomic E-state index is 0.366. The van der Waals surface area contributed by atoms with Crippen LogP contribution in [0.1, 0.15) is 33.6 Å². The molecule has 2 heterocycles. The Labute approximate surface area is 127 Å². The van der Waals surface area contributed by atoms with Crippen LogP contribution in [-0.2, 0) is 6.54 Å². The first-order valence-corrected chi connectivity index (χ1v) is 8.17. The zero-order valence-electron chi connectivity index (χ0n) is 13.4. The predicted octanol–water partition coefficient (Wildman–Crippen LogP) is 3.91. The summed E-state index contributed by atoms with van der Waals surface area (Å²) in [6.07, 6.45) is 4.78. The molecule has 0 radical (unpaired) electrons. The minimum atomic E-state index is 0.366. The molecule has 0 spiro atoms. The van der Waals surface area contributed by atoms with Gasteiger partial charge in [0.2, 0.25) is 0 Å². The molecule has 3 heteroatoms. The van der Waals surface area contributed by atoms with Gasteiger partial charge in [-0.2, -0.15) is 0 Å². The van der Waals surface area contributed by atoms with Gasteiger partial charge >= 0.3 is 0 Å². The van der Waals surface area contributed by atoms with Crippen molar-refractivity contribution in [2.75, 3.05) is 13.1 Å². The van der Waals surface area contributed by atoms with E-state index in [2.05, 4.69) is 60.7 Å². The van der Waals surface area contributed by atoms with Gasteiger partial charge in [0.1, 0.15) is 11.9 Å². The first-order valence-electron chi connectivity index (χ1n) is 8.17. The molecule has 0 amide bonds. The Bertz CT molecular complexity index is 594. The number of fused-ring (bicyclic) bond motifs is 1. The number of aromatic nitrogens is 1. The lowest BCUT2D eigenvalue weighted by Crippen LogP contribution is -2.41. The van der Waals surface area contributed by atoms with Gasteiger partial charge in [-0.05, 0) is 57.9 Å². The fraction of sp³-hybridized carbons (Fsp3) is 0.556. The predicted molar refractivity (Wildman–Crippen MR) is 88.0 cm³/mol. The quantitative estimate of drug-likeness (QED) is 0.848. The topological polar surface area (TPSA) is 17.4 Å². The zero-order valence-corrected chi connectivity index (χ0v) is 13.4. The summed E-state index contributed by atoms with van der Waals surface area (Å²) in [5.74, 6) is 1.01.